The first kappa shape index (κ1) is 24.8. The third-order valence-electron chi connectivity index (χ3n) is 5.38. The molecule has 1 N–H and O–H groups in total. The number of nitriles is 1. The van der Waals surface area contributed by atoms with E-state index in [1.54, 1.807) is 11.0 Å². The molecule has 3 aromatic rings. The van der Waals surface area contributed by atoms with Gasteiger partial charge < -0.3 is 15.0 Å². The van der Waals surface area contributed by atoms with E-state index in [9.17, 15) is 22.8 Å². The van der Waals surface area contributed by atoms with Gasteiger partial charge in [-0.1, -0.05) is 0 Å². The largest absolute Gasteiger partial charge is 0.378 e. The summed E-state index contributed by atoms with van der Waals surface area (Å²) in [7, 11) is 0. The Kier molecular flexibility index (Phi) is 7.25. The van der Waals surface area contributed by atoms with Crippen molar-refractivity contribution < 1.29 is 27.5 Å². The summed E-state index contributed by atoms with van der Waals surface area (Å²) in [6, 6.07) is 6.85. The summed E-state index contributed by atoms with van der Waals surface area (Å²) in [5.74, 6) is -2.50. The van der Waals surface area contributed by atoms with Crippen LogP contribution < -0.4 is 5.32 Å². The number of carbonyl (C=O) groups excluding carboxylic acids is 2. The number of rotatable bonds is 6. The molecule has 0 radical (unpaired) electrons. The summed E-state index contributed by atoms with van der Waals surface area (Å²) in [5.41, 5.74) is 0.131. The number of amides is 2. The van der Waals surface area contributed by atoms with Gasteiger partial charge in [0.05, 0.1) is 36.5 Å². The normalized spacial score (nSPS) is 14.4. The Morgan fingerprint density at radius 2 is 1.92 bits per heavy atom. The summed E-state index contributed by atoms with van der Waals surface area (Å²) in [4.78, 5) is 35.0. The lowest BCUT2D eigenvalue weighted by molar-refractivity contribution is 0.0302. The number of aromatic nitrogens is 4. The van der Waals surface area contributed by atoms with Gasteiger partial charge in [0.2, 0.25) is 5.82 Å². The van der Waals surface area contributed by atoms with Gasteiger partial charge in [0, 0.05) is 24.8 Å². The standard InChI is InChI=1S/C23H20F3N7O3/c1-13(29-22(34)16-8-14(11-27)9-17(24)10-16)21-30-20(19(25)26)31-33(21)18-3-2-15(12-28-18)23(35)32-4-6-36-7-5-32/h2-3,8-10,12-13,19H,4-7H2,1H3,(H,29,34). The van der Waals surface area contributed by atoms with Gasteiger partial charge in [-0.15, -0.1) is 5.10 Å². The number of nitrogens with one attached hydrogen (secondary N) is 1. The van der Waals surface area contributed by atoms with Crippen molar-refractivity contribution in [3.63, 3.8) is 0 Å². The minimum Gasteiger partial charge on any atom is -0.378 e. The van der Waals surface area contributed by atoms with Gasteiger partial charge in [0.15, 0.2) is 11.6 Å². The van der Waals surface area contributed by atoms with Crippen LogP contribution in [-0.4, -0.2) is 62.8 Å². The summed E-state index contributed by atoms with van der Waals surface area (Å²) < 4.78 is 46.8. The number of benzene rings is 1. The fourth-order valence-corrected chi connectivity index (χ4v) is 3.60. The Bertz CT molecular complexity index is 1320. The van der Waals surface area contributed by atoms with E-state index in [2.05, 4.69) is 20.4 Å². The molecule has 10 nitrogen and oxygen atoms in total. The van der Waals surface area contributed by atoms with Crippen LogP contribution in [0.15, 0.2) is 36.5 Å². The summed E-state index contributed by atoms with van der Waals surface area (Å²) in [6.45, 7) is 3.25. The summed E-state index contributed by atoms with van der Waals surface area (Å²) in [6.07, 6.45) is -1.68. The number of ether oxygens (including phenoxy) is 1. The van der Waals surface area contributed by atoms with Gasteiger partial charge in [0.1, 0.15) is 5.82 Å². The van der Waals surface area contributed by atoms with Gasteiger partial charge in [-0.25, -0.2) is 23.1 Å². The average Bonchev–Trinajstić information content (AvgIpc) is 3.34. The van der Waals surface area contributed by atoms with Crippen molar-refractivity contribution in [2.45, 2.75) is 19.4 Å². The van der Waals surface area contributed by atoms with Crippen molar-refractivity contribution in [2.75, 3.05) is 26.3 Å². The highest BCUT2D eigenvalue weighted by Gasteiger charge is 2.25. The molecule has 1 fully saturated rings. The molecule has 13 heteroatoms. The van der Waals surface area contributed by atoms with Gasteiger partial charge in [0.25, 0.3) is 18.2 Å². The molecule has 1 aliphatic rings. The molecule has 36 heavy (non-hydrogen) atoms. The smallest absolute Gasteiger partial charge is 0.299 e. The van der Waals surface area contributed by atoms with Gasteiger partial charge in [-0.05, 0) is 37.3 Å². The second-order valence-electron chi connectivity index (χ2n) is 7.89. The molecule has 186 valence electrons. The molecule has 2 aromatic heterocycles. The van der Waals surface area contributed by atoms with Crippen LogP contribution in [0.3, 0.4) is 0 Å². The number of morpholine rings is 1. The third-order valence-corrected chi connectivity index (χ3v) is 5.38. The van der Waals surface area contributed by atoms with E-state index in [1.165, 1.54) is 31.3 Å². The lowest BCUT2D eigenvalue weighted by atomic mass is 10.1. The first-order valence-electron chi connectivity index (χ1n) is 10.9. The number of hydrogen-bond donors (Lipinski definition) is 1. The zero-order valence-electron chi connectivity index (χ0n) is 19.0. The van der Waals surface area contributed by atoms with Gasteiger partial charge >= 0.3 is 0 Å². The predicted molar refractivity (Wildman–Crippen MR) is 118 cm³/mol. The number of pyridine rings is 1. The van der Waals surface area contributed by atoms with Crippen LogP contribution in [0, 0.1) is 17.1 Å². The predicted octanol–water partition coefficient (Wildman–Crippen LogP) is 2.57. The van der Waals surface area contributed by atoms with Crippen LogP contribution in [0.5, 0.6) is 0 Å². The lowest BCUT2D eigenvalue weighted by Crippen LogP contribution is -2.40. The van der Waals surface area contributed by atoms with E-state index in [-0.39, 0.29) is 28.7 Å². The Labute approximate surface area is 203 Å². The fraction of sp³-hybridized carbons (Fsp3) is 0.304. The summed E-state index contributed by atoms with van der Waals surface area (Å²) in [5, 5.41) is 15.4. The molecule has 3 heterocycles. The molecule has 2 amide bonds. The quantitative estimate of drug-likeness (QED) is 0.552. The van der Waals surface area contributed by atoms with E-state index >= 15 is 0 Å². The average molecular weight is 499 g/mol. The minimum atomic E-state index is -2.99. The molecule has 0 spiro atoms. The highest BCUT2D eigenvalue weighted by Crippen LogP contribution is 2.22. The first-order valence-corrected chi connectivity index (χ1v) is 10.9. The molecule has 1 atom stereocenters. The molecule has 4 rings (SSSR count). The maximum absolute atomic E-state index is 13.7. The highest BCUT2D eigenvalue weighted by atomic mass is 19.3. The first-order chi connectivity index (χ1) is 17.3. The maximum Gasteiger partial charge on any atom is 0.299 e. The fourth-order valence-electron chi connectivity index (χ4n) is 3.60. The molecule has 1 aliphatic heterocycles. The van der Waals surface area contributed by atoms with Gasteiger partial charge in [-0.2, -0.15) is 9.94 Å². The zero-order chi connectivity index (χ0) is 25.8. The van der Waals surface area contributed by atoms with Gasteiger partial charge in [-0.3, -0.25) is 9.59 Å². The van der Waals surface area contributed by atoms with Crippen LogP contribution in [-0.2, 0) is 4.74 Å². The summed E-state index contributed by atoms with van der Waals surface area (Å²) >= 11 is 0. The number of halogens is 3. The molecule has 1 saturated heterocycles. The second kappa shape index (κ2) is 10.5. The van der Waals surface area contributed by atoms with E-state index < -0.39 is 30.0 Å². The third kappa shape index (κ3) is 5.33. The molecule has 0 saturated carbocycles. The Morgan fingerprint density at radius 3 is 2.56 bits per heavy atom. The Balaban J connectivity index is 1.59. The van der Waals surface area contributed by atoms with E-state index in [4.69, 9.17) is 10.00 Å². The number of alkyl halides is 2. The number of nitrogens with zero attached hydrogens (tertiary/aromatic N) is 6. The molecule has 0 aliphatic carbocycles. The van der Waals surface area contributed by atoms with Crippen LogP contribution in [0.1, 0.15) is 57.3 Å². The van der Waals surface area contributed by atoms with E-state index in [1.807, 2.05) is 0 Å². The number of hydrogen-bond acceptors (Lipinski definition) is 7. The van der Waals surface area contributed by atoms with Crippen LogP contribution in [0.4, 0.5) is 13.2 Å². The maximum atomic E-state index is 13.7. The van der Waals surface area contributed by atoms with Crippen LogP contribution in [0.2, 0.25) is 0 Å². The SMILES string of the molecule is CC(NC(=O)c1cc(F)cc(C#N)c1)c1nc(C(F)F)nn1-c1ccc(C(=O)N2CCOCC2)cn1. The van der Waals surface area contributed by atoms with E-state index in [0.29, 0.717) is 31.9 Å². The molecular formula is C23H20F3N7O3. The van der Waals surface area contributed by atoms with Crippen molar-refractivity contribution in [2.24, 2.45) is 0 Å². The second-order valence-corrected chi connectivity index (χ2v) is 7.89. The highest BCUT2D eigenvalue weighted by molar-refractivity contribution is 5.95. The Hall–Kier alpha value is -4.31. The molecule has 1 unspecified atom stereocenters. The van der Waals surface area contributed by atoms with Crippen molar-refractivity contribution >= 4 is 11.8 Å². The molecule has 0 bridgehead atoms. The van der Waals surface area contributed by atoms with Crippen molar-refractivity contribution in [1.82, 2.24) is 30.0 Å². The number of carbonyl (C=O) groups is 2. The lowest BCUT2D eigenvalue weighted by Gasteiger charge is -2.26. The van der Waals surface area contributed by atoms with Crippen LogP contribution >= 0.6 is 0 Å². The van der Waals surface area contributed by atoms with Crippen LogP contribution in [0.25, 0.3) is 5.82 Å². The topological polar surface area (TPSA) is 126 Å². The van der Waals surface area contributed by atoms with Crippen molar-refractivity contribution in [3.8, 4) is 11.9 Å². The molecule has 1 aromatic carbocycles. The minimum absolute atomic E-state index is 0.0492. The zero-order valence-corrected chi connectivity index (χ0v) is 19.0. The van der Waals surface area contributed by atoms with Crippen molar-refractivity contribution in [1.29, 1.82) is 5.26 Å². The van der Waals surface area contributed by atoms with E-state index in [0.717, 1.165) is 16.8 Å². The monoisotopic (exact) mass is 499 g/mol. The molecular weight excluding hydrogens is 479 g/mol. The Morgan fingerprint density at radius 1 is 1.17 bits per heavy atom. The van der Waals surface area contributed by atoms with Crippen molar-refractivity contribution in [3.05, 3.63) is 70.7 Å².